The molecular weight excluding hydrogens is 422 g/mol. The zero-order chi connectivity index (χ0) is 24.3. The Morgan fingerprint density at radius 1 is 1.12 bits per heavy atom. The van der Waals surface area contributed by atoms with E-state index in [4.69, 9.17) is 0 Å². The van der Waals surface area contributed by atoms with Crippen molar-refractivity contribution in [2.45, 2.75) is 104 Å². The Kier molecular flexibility index (Phi) is 6.50. The number of amides is 1. The van der Waals surface area contributed by atoms with Crippen molar-refractivity contribution in [1.82, 2.24) is 4.90 Å². The number of hydrogen-bond donors (Lipinski definition) is 2. The molecular formula is C30H49NO3. The van der Waals surface area contributed by atoms with Gasteiger partial charge in [-0.2, -0.15) is 0 Å². The van der Waals surface area contributed by atoms with Crippen LogP contribution in [0.3, 0.4) is 0 Å². The van der Waals surface area contributed by atoms with Crippen LogP contribution in [0.1, 0.15) is 98.3 Å². The molecule has 4 heteroatoms. The number of fused-ring (bicyclic) bond motifs is 5. The number of carbonyl (C=O) groups is 1. The van der Waals surface area contributed by atoms with Crippen LogP contribution in [0.5, 0.6) is 0 Å². The largest absolute Gasteiger partial charge is 0.396 e. The molecule has 0 aromatic rings. The van der Waals surface area contributed by atoms with Gasteiger partial charge in [-0.1, -0.05) is 39.3 Å². The summed E-state index contributed by atoms with van der Waals surface area (Å²) in [5.41, 5.74) is 2.20. The minimum atomic E-state index is -0.123. The SMILES string of the molecule is C[C@H](CCC(=O)N1CC[C@](C)(CO)C1)[C@H]1CC[C@H]2[C@@H]3CC=C4C[C@@H](O)CC[C@]4(C)[C@H]3CC[C@]12C. The van der Waals surface area contributed by atoms with E-state index in [9.17, 15) is 15.0 Å². The lowest BCUT2D eigenvalue weighted by atomic mass is 9.47. The third-order valence-corrected chi connectivity index (χ3v) is 11.9. The molecule has 2 N–H and O–H groups in total. The van der Waals surface area contributed by atoms with E-state index in [-0.39, 0.29) is 18.1 Å². The molecule has 1 aliphatic heterocycles. The zero-order valence-corrected chi connectivity index (χ0v) is 22.2. The fraction of sp³-hybridized carbons (Fsp3) is 0.900. The highest BCUT2D eigenvalue weighted by Crippen LogP contribution is 2.67. The van der Waals surface area contributed by atoms with Gasteiger partial charge < -0.3 is 15.1 Å². The fourth-order valence-corrected chi connectivity index (χ4v) is 9.69. The molecule has 3 saturated carbocycles. The molecule has 5 aliphatic rings. The van der Waals surface area contributed by atoms with Gasteiger partial charge in [0.1, 0.15) is 0 Å². The van der Waals surface area contributed by atoms with Crippen LogP contribution in [-0.4, -0.2) is 46.8 Å². The van der Waals surface area contributed by atoms with Crippen LogP contribution in [0.2, 0.25) is 0 Å². The molecule has 4 fully saturated rings. The van der Waals surface area contributed by atoms with E-state index >= 15 is 0 Å². The van der Waals surface area contributed by atoms with E-state index in [0.29, 0.717) is 35.6 Å². The standard InChI is InChI=1S/C30H49NO3/c1-20(5-10-27(34)31-16-15-28(2,18-31)19-32)24-8-9-25-23-7-6-21-17-22(33)11-13-29(21,3)26(23)12-14-30(24,25)4/h6,20,22-26,32-33H,5,7-19H2,1-4H3/t20-,22+,23+,24-,25+,26+,28+,29+,30-/m1/s1. The number of rotatable bonds is 5. The molecule has 0 radical (unpaired) electrons. The molecule has 9 atom stereocenters. The van der Waals surface area contributed by atoms with Crippen molar-refractivity contribution in [3.63, 3.8) is 0 Å². The predicted octanol–water partition coefficient (Wildman–Crippen LogP) is 5.57. The van der Waals surface area contributed by atoms with Crippen molar-refractivity contribution in [2.24, 2.45) is 45.8 Å². The van der Waals surface area contributed by atoms with Gasteiger partial charge in [0.15, 0.2) is 0 Å². The number of aliphatic hydroxyl groups is 2. The first-order valence-electron chi connectivity index (χ1n) is 14.4. The van der Waals surface area contributed by atoms with E-state index in [2.05, 4.69) is 33.8 Å². The van der Waals surface area contributed by atoms with Crippen molar-refractivity contribution in [3.8, 4) is 0 Å². The maximum Gasteiger partial charge on any atom is 0.222 e. The van der Waals surface area contributed by atoms with Gasteiger partial charge in [0.25, 0.3) is 0 Å². The average Bonchev–Trinajstić information content (AvgIpc) is 3.38. The van der Waals surface area contributed by atoms with Gasteiger partial charge in [-0.05, 0) is 105 Å². The lowest BCUT2D eigenvalue weighted by Gasteiger charge is -2.58. The highest BCUT2D eigenvalue weighted by Gasteiger charge is 2.59. The minimum absolute atomic E-state index is 0.104. The van der Waals surface area contributed by atoms with Gasteiger partial charge in [-0.15, -0.1) is 0 Å². The third-order valence-electron chi connectivity index (χ3n) is 11.9. The maximum absolute atomic E-state index is 12.9. The Balaban J connectivity index is 1.23. The first-order chi connectivity index (χ1) is 16.1. The molecule has 1 saturated heterocycles. The summed E-state index contributed by atoms with van der Waals surface area (Å²) in [4.78, 5) is 14.9. The Hall–Kier alpha value is -0.870. The van der Waals surface area contributed by atoms with Crippen molar-refractivity contribution in [2.75, 3.05) is 19.7 Å². The summed E-state index contributed by atoms with van der Waals surface area (Å²) in [6.45, 7) is 11.3. The van der Waals surface area contributed by atoms with Gasteiger partial charge in [0.2, 0.25) is 5.91 Å². The summed E-state index contributed by atoms with van der Waals surface area (Å²) in [5, 5.41) is 19.9. The first kappa shape index (κ1) is 24.8. The Morgan fingerprint density at radius 3 is 2.65 bits per heavy atom. The lowest BCUT2D eigenvalue weighted by molar-refractivity contribution is -0.131. The van der Waals surface area contributed by atoms with E-state index in [1.165, 1.54) is 38.5 Å². The number of aliphatic hydroxyl groups excluding tert-OH is 2. The molecule has 5 rings (SSSR count). The first-order valence-corrected chi connectivity index (χ1v) is 14.4. The highest BCUT2D eigenvalue weighted by atomic mass is 16.3. The monoisotopic (exact) mass is 471 g/mol. The van der Waals surface area contributed by atoms with Crippen LogP contribution in [0.15, 0.2) is 11.6 Å². The van der Waals surface area contributed by atoms with Gasteiger partial charge in [0, 0.05) is 24.9 Å². The molecule has 1 amide bonds. The molecule has 0 spiro atoms. The molecule has 34 heavy (non-hydrogen) atoms. The summed E-state index contributed by atoms with van der Waals surface area (Å²) >= 11 is 0. The van der Waals surface area contributed by atoms with Crippen LogP contribution in [0.4, 0.5) is 0 Å². The number of hydrogen-bond acceptors (Lipinski definition) is 3. The fourth-order valence-electron chi connectivity index (χ4n) is 9.69. The molecule has 0 bridgehead atoms. The van der Waals surface area contributed by atoms with E-state index in [0.717, 1.165) is 55.9 Å². The number of likely N-dealkylation sites (tertiary alicyclic amines) is 1. The number of allylic oxidation sites excluding steroid dienone is 1. The van der Waals surface area contributed by atoms with E-state index in [1.54, 1.807) is 5.57 Å². The second-order valence-electron chi connectivity index (χ2n) is 13.9. The molecule has 1 heterocycles. The van der Waals surface area contributed by atoms with Crippen LogP contribution in [0.25, 0.3) is 0 Å². The van der Waals surface area contributed by atoms with Crippen molar-refractivity contribution >= 4 is 5.91 Å². The molecule has 192 valence electrons. The minimum Gasteiger partial charge on any atom is -0.396 e. The quantitative estimate of drug-likeness (QED) is 0.515. The topological polar surface area (TPSA) is 60.8 Å². The predicted molar refractivity (Wildman–Crippen MR) is 136 cm³/mol. The van der Waals surface area contributed by atoms with Crippen LogP contribution in [0, 0.1) is 45.8 Å². The van der Waals surface area contributed by atoms with Crippen LogP contribution < -0.4 is 0 Å². The van der Waals surface area contributed by atoms with Crippen molar-refractivity contribution in [3.05, 3.63) is 11.6 Å². The second-order valence-corrected chi connectivity index (χ2v) is 13.9. The van der Waals surface area contributed by atoms with E-state index in [1.807, 2.05) is 4.90 Å². The molecule has 4 aliphatic carbocycles. The van der Waals surface area contributed by atoms with Gasteiger partial charge in [-0.3, -0.25) is 4.79 Å². The number of carbonyl (C=O) groups excluding carboxylic acids is 1. The van der Waals surface area contributed by atoms with Gasteiger partial charge in [0.05, 0.1) is 12.7 Å². The summed E-state index contributed by atoms with van der Waals surface area (Å²) in [5.74, 6) is 4.05. The molecule has 0 unspecified atom stereocenters. The number of nitrogens with zero attached hydrogens (tertiary/aromatic N) is 1. The molecule has 0 aromatic heterocycles. The summed E-state index contributed by atoms with van der Waals surface area (Å²) in [6, 6.07) is 0. The smallest absolute Gasteiger partial charge is 0.222 e. The van der Waals surface area contributed by atoms with E-state index < -0.39 is 0 Å². The van der Waals surface area contributed by atoms with Crippen molar-refractivity contribution in [1.29, 1.82) is 0 Å². The van der Waals surface area contributed by atoms with Gasteiger partial charge in [-0.25, -0.2) is 0 Å². The Labute approximate surface area is 207 Å². The average molecular weight is 472 g/mol. The van der Waals surface area contributed by atoms with Crippen LogP contribution in [-0.2, 0) is 4.79 Å². The summed E-state index contributed by atoms with van der Waals surface area (Å²) < 4.78 is 0. The maximum atomic E-state index is 12.9. The third kappa shape index (κ3) is 3.99. The van der Waals surface area contributed by atoms with Crippen LogP contribution >= 0.6 is 0 Å². The van der Waals surface area contributed by atoms with Crippen molar-refractivity contribution < 1.29 is 15.0 Å². The Morgan fingerprint density at radius 2 is 1.91 bits per heavy atom. The normalized spacial score (nSPS) is 46.9. The zero-order valence-electron chi connectivity index (χ0n) is 22.2. The Bertz CT molecular complexity index is 824. The summed E-state index contributed by atoms with van der Waals surface area (Å²) in [7, 11) is 0. The second kappa shape index (κ2) is 8.91. The highest BCUT2D eigenvalue weighted by molar-refractivity contribution is 5.76. The molecule has 0 aromatic carbocycles. The molecule has 4 nitrogen and oxygen atoms in total. The van der Waals surface area contributed by atoms with Gasteiger partial charge >= 0.3 is 0 Å². The summed E-state index contributed by atoms with van der Waals surface area (Å²) in [6.07, 6.45) is 14.7. The lowest BCUT2D eigenvalue weighted by Crippen LogP contribution is -2.50.